The number of piperazine rings is 1. The van der Waals surface area contributed by atoms with E-state index in [4.69, 9.17) is 16.1 Å². The Bertz CT molecular complexity index is 1480. The fourth-order valence-corrected chi connectivity index (χ4v) is 4.61. The topological polar surface area (TPSA) is 119 Å². The summed E-state index contributed by atoms with van der Waals surface area (Å²) in [5.74, 6) is 0.255. The molecule has 1 unspecified atom stereocenters. The van der Waals surface area contributed by atoms with Crippen LogP contribution >= 0.6 is 11.6 Å². The number of aryl methyl sites for hydroxylation is 2. The summed E-state index contributed by atoms with van der Waals surface area (Å²) in [6.45, 7) is 0.878. The normalized spacial score (nSPS) is 16.0. The summed E-state index contributed by atoms with van der Waals surface area (Å²) in [6, 6.07) is 8.23. The van der Waals surface area contributed by atoms with E-state index in [0.29, 0.717) is 42.7 Å². The molecule has 5 rings (SSSR count). The molecule has 0 aliphatic carbocycles. The molecule has 3 aromatic heterocycles. The van der Waals surface area contributed by atoms with Gasteiger partial charge in [0.1, 0.15) is 12.3 Å². The molecule has 11 nitrogen and oxygen atoms in total. The minimum absolute atomic E-state index is 0.0570. The number of nitrogens with zero attached hydrogens (tertiary/aromatic N) is 7. The fourth-order valence-electron chi connectivity index (χ4n) is 4.45. The van der Waals surface area contributed by atoms with E-state index in [9.17, 15) is 14.4 Å². The number of amides is 2. The molecule has 0 bridgehead atoms. The van der Waals surface area contributed by atoms with E-state index in [1.807, 2.05) is 12.3 Å². The number of benzene rings is 1. The van der Waals surface area contributed by atoms with Gasteiger partial charge in [-0.15, -0.1) is 0 Å². The summed E-state index contributed by atoms with van der Waals surface area (Å²) in [5.41, 5.74) is 1.13. The van der Waals surface area contributed by atoms with Crippen LogP contribution in [0.4, 0.5) is 0 Å². The first-order valence-electron chi connectivity index (χ1n) is 11.5. The van der Waals surface area contributed by atoms with E-state index in [-0.39, 0.29) is 35.5 Å². The van der Waals surface area contributed by atoms with Gasteiger partial charge in [-0.05, 0) is 12.1 Å². The van der Waals surface area contributed by atoms with E-state index in [2.05, 4.69) is 15.2 Å². The largest absolute Gasteiger partial charge is 0.360 e. The fraction of sp³-hybridized carbons (Fsp3) is 0.333. The number of para-hydroxylation sites is 1. The molecule has 0 N–H and O–H groups in total. The number of hydrogen-bond acceptors (Lipinski definition) is 7. The van der Waals surface area contributed by atoms with Crippen LogP contribution in [-0.2, 0) is 29.6 Å². The zero-order chi connectivity index (χ0) is 25.2. The van der Waals surface area contributed by atoms with Gasteiger partial charge in [0, 0.05) is 57.4 Å². The van der Waals surface area contributed by atoms with E-state index < -0.39 is 6.04 Å². The third kappa shape index (κ3) is 4.87. The van der Waals surface area contributed by atoms with Gasteiger partial charge in [-0.25, -0.2) is 4.98 Å². The Balaban J connectivity index is 1.33. The van der Waals surface area contributed by atoms with E-state index in [0.717, 1.165) is 5.56 Å². The van der Waals surface area contributed by atoms with Crippen LogP contribution in [0, 0.1) is 0 Å². The quantitative estimate of drug-likeness (QED) is 0.389. The monoisotopic (exact) mass is 509 g/mol. The minimum atomic E-state index is -0.396. The molecule has 12 heteroatoms. The van der Waals surface area contributed by atoms with Crippen LogP contribution in [-0.4, -0.2) is 65.7 Å². The molecule has 1 saturated heterocycles. The van der Waals surface area contributed by atoms with Crippen molar-refractivity contribution in [3.05, 3.63) is 75.9 Å². The Kier molecular flexibility index (Phi) is 6.55. The predicted octanol–water partition coefficient (Wildman–Crippen LogP) is 1.82. The van der Waals surface area contributed by atoms with Gasteiger partial charge in [0.05, 0.1) is 29.5 Å². The van der Waals surface area contributed by atoms with E-state index >= 15 is 0 Å². The molecule has 36 heavy (non-hydrogen) atoms. The number of halogens is 1. The van der Waals surface area contributed by atoms with Crippen molar-refractivity contribution < 1.29 is 14.1 Å². The molecule has 1 aromatic carbocycles. The molecule has 4 aromatic rings. The second-order valence-corrected chi connectivity index (χ2v) is 9.09. The SMILES string of the molecule is Cn1cc(C2CN(C(=O)CCc3cc(Cl)no3)CCN2C(=O)Cn2cnc3ccccc3c2=O)cn1. The third-order valence-corrected chi connectivity index (χ3v) is 6.49. The highest BCUT2D eigenvalue weighted by molar-refractivity contribution is 6.29. The zero-order valence-corrected chi connectivity index (χ0v) is 20.3. The van der Waals surface area contributed by atoms with Crippen molar-refractivity contribution in [3.63, 3.8) is 0 Å². The lowest BCUT2D eigenvalue weighted by molar-refractivity contribution is -0.143. The summed E-state index contributed by atoms with van der Waals surface area (Å²) in [4.78, 5) is 47.0. The maximum absolute atomic E-state index is 13.4. The average Bonchev–Trinajstić information content (AvgIpc) is 3.51. The van der Waals surface area contributed by atoms with Crippen LogP contribution in [0.3, 0.4) is 0 Å². The van der Waals surface area contributed by atoms with Gasteiger partial charge < -0.3 is 14.3 Å². The minimum Gasteiger partial charge on any atom is -0.360 e. The van der Waals surface area contributed by atoms with Crippen molar-refractivity contribution in [2.45, 2.75) is 25.4 Å². The van der Waals surface area contributed by atoms with Gasteiger partial charge in [-0.3, -0.25) is 23.6 Å². The first-order valence-corrected chi connectivity index (χ1v) is 11.9. The van der Waals surface area contributed by atoms with Crippen LogP contribution < -0.4 is 5.56 Å². The molecule has 4 heterocycles. The third-order valence-electron chi connectivity index (χ3n) is 6.32. The number of aromatic nitrogens is 5. The van der Waals surface area contributed by atoms with Crippen molar-refractivity contribution in [1.29, 1.82) is 0 Å². The maximum Gasteiger partial charge on any atom is 0.261 e. The summed E-state index contributed by atoms with van der Waals surface area (Å²) in [7, 11) is 1.80. The van der Waals surface area contributed by atoms with Crippen LogP contribution in [0.2, 0.25) is 5.15 Å². The van der Waals surface area contributed by atoms with Crippen LogP contribution in [0.15, 0.2) is 58.4 Å². The summed E-state index contributed by atoms with van der Waals surface area (Å²) >= 11 is 5.78. The molecule has 1 aliphatic rings. The molecular formula is C24H24ClN7O4. The Morgan fingerprint density at radius 3 is 2.78 bits per heavy atom. The Hall–Kier alpha value is -3.99. The summed E-state index contributed by atoms with van der Waals surface area (Å²) < 4.78 is 8.07. The molecule has 186 valence electrons. The highest BCUT2D eigenvalue weighted by Gasteiger charge is 2.34. The zero-order valence-electron chi connectivity index (χ0n) is 19.6. The highest BCUT2D eigenvalue weighted by Crippen LogP contribution is 2.26. The summed E-state index contributed by atoms with van der Waals surface area (Å²) in [6.07, 6.45) is 5.54. The Labute approximate surface area is 210 Å². The van der Waals surface area contributed by atoms with Gasteiger partial charge in [-0.1, -0.05) is 28.9 Å². The molecule has 1 aliphatic heterocycles. The van der Waals surface area contributed by atoms with Gasteiger partial charge in [-0.2, -0.15) is 5.10 Å². The maximum atomic E-state index is 13.4. The van der Waals surface area contributed by atoms with E-state index in [1.54, 1.807) is 52.0 Å². The molecular weight excluding hydrogens is 486 g/mol. The van der Waals surface area contributed by atoms with Crippen molar-refractivity contribution in [1.82, 2.24) is 34.3 Å². The standard InChI is InChI=1S/C24H24ClN7O4/c1-29-12-16(11-27-29)20-13-30(22(33)7-6-17-10-21(25)28-36-17)8-9-32(20)23(34)14-31-15-26-19-5-3-2-4-18(19)24(31)35/h2-5,10-12,15,20H,6-9,13-14H2,1H3. The average molecular weight is 510 g/mol. The molecule has 2 amide bonds. The number of hydrogen-bond donors (Lipinski definition) is 0. The molecule has 0 saturated carbocycles. The second-order valence-electron chi connectivity index (χ2n) is 8.70. The van der Waals surface area contributed by atoms with Gasteiger partial charge >= 0.3 is 0 Å². The van der Waals surface area contributed by atoms with Crippen molar-refractivity contribution in [2.24, 2.45) is 7.05 Å². The van der Waals surface area contributed by atoms with Gasteiger partial charge in [0.25, 0.3) is 5.56 Å². The molecule has 1 fully saturated rings. The number of carbonyl (C=O) groups is 2. The first-order chi connectivity index (χ1) is 17.4. The van der Waals surface area contributed by atoms with Gasteiger partial charge in [0.2, 0.25) is 11.8 Å². The van der Waals surface area contributed by atoms with Gasteiger partial charge in [0.15, 0.2) is 5.15 Å². The molecule has 0 radical (unpaired) electrons. The Morgan fingerprint density at radius 2 is 2.03 bits per heavy atom. The van der Waals surface area contributed by atoms with Crippen molar-refractivity contribution in [3.8, 4) is 0 Å². The number of rotatable bonds is 6. The van der Waals surface area contributed by atoms with Crippen LogP contribution in [0.1, 0.15) is 23.8 Å². The van der Waals surface area contributed by atoms with E-state index in [1.165, 1.54) is 10.9 Å². The number of fused-ring (bicyclic) bond motifs is 1. The molecule has 0 spiro atoms. The predicted molar refractivity (Wildman–Crippen MR) is 130 cm³/mol. The van der Waals surface area contributed by atoms with Crippen molar-refractivity contribution >= 4 is 34.3 Å². The lowest BCUT2D eigenvalue weighted by Gasteiger charge is -2.41. The lowest BCUT2D eigenvalue weighted by atomic mass is 10.0. The van der Waals surface area contributed by atoms with Crippen LogP contribution in [0.5, 0.6) is 0 Å². The van der Waals surface area contributed by atoms with Crippen LogP contribution in [0.25, 0.3) is 10.9 Å². The molecule has 1 atom stereocenters. The lowest BCUT2D eigenvalue weighted by Crippen LogP contribution is -2.53. The second kappa shape index (κ2) is 9.94. The van der Waals surface area contributed by atoms with Crippen molar-refractivity contribution in [2.75, 3.05) is 19.6 Å². The smallest absolute Gasteiger partial charge is 0.261 e. The number of carbonyl (C=O) groups excluding carboxylic acids is 2. The Morgan fingerprint density at radius 1 is 1.19 bits per heavy atom. The highest BCUT2D eigenvalue weighted by atomic mass is 35.5. The first kappa shape index (κ1) is 23.7. The summed E-state index contributed by atoms with van der Waals surface area (Å²) in [5, 5.41) is 8.59.